The maximum atomic E-state index is 12.0. The van der Waals surface area contributed by atoms with Gasteiger partial charge in [0.25, 0.3) is 0 Å². The summed E-state index contributed by atoms with van der Waals surface area (Å²) in [5, 5.41) is 0. The molecule has 0 amide bonds. The molecule has 2 heterocycles. The lowest BCUT2D eigenvalue weighted by atomic mass is 10.1. The highest BCUT2D eigenvalue weighted by molar-refractivity contribution is 7.89. The van der Waals surface area contributed by atoms with Crippen LogP contribution in [0.3, 0.4) is 0 Å². The second-order valence-electron chi connectivity index (χ2n) is 5.53. The van der Waals surface area contributed by atoms with Crippen molar-refractivity contribution in [1.29, 1.82) is 0 Å². The maximum absolute atomic E-state index is 12.0. The van der Waals surface area contributed by atoms with E-state index in [0.717, 1.165) is 19.6 Å². The molecule has 2 aliphatic rings. The first kappa shape index (κ1) is 15.2. The molecule has 0 aliphatic carbocycles. The number of likely N-dealkylation sites (N-methyl/N-ethyl adjacent to an activating group) is 1. The summed E-state index contributed by atoms with van der Waals surface area (Å²) < 4.78 is 31.3. The lowest BCUT2D eigenvalue weighted by Crippen LogP contribution is -2.52. The topological polar surface area (TPSA) is 53.1 Å². The van der Waals surface area contributed by atoms with Gasteiger partial charge in [0, 0.05) is 32.7 Å². The molecule has 0 bridgehead atoms. The smallest absolute Gasteiger partial charge is 0.213 e. The normalized spacial score (nSPS) is 29.9. The van der Waals surface area contributed by atoms with E-state index >= 15 is 0 Å². The van der Waals surface area contributed by atoms with Crippen molar-refractivity contribution in [1.82, 2.24) is 14.1 Å². The molecule has 0 aromatic heterocycles. The van der Waals surface area contributed by atoms with E-state index in [1.54, 1.807) is 11.2 Å². The molecule has 0 N–H and O–H groups in total. The Morgan fingerprint density at radius 2 is 2.05 bits per heavy atom. The molecule has 2 atom stereocenters. The summed E-state index contributed by atoms with van der Waals surface area (Å²) in [6, 6.07) is 0.218. The lowest BCUT2D eigenvalue weighted by molar-refractivity contribution is -0.0481. The Labute approximate surface area is 116 Å². The predicted octanol–water partition coefficient (Wildman–Crippen LogP) is -0.717. The molecule has 0 unspecified atom stereocenters. The van der Waals surface area contributed by atoms with Gasteiger partial charge in [0.15, 0.2) is 0 Å². The summed E-state index contributed by atoms with van der Waals surface area (Å²) in [5.41, 5.74) is 0. The van der Waals surface area contributed by atoms with E-state index in [1.807, 2.05) is 0 Å². The number of sulfonamides is 1. The molecule has 0 spiro atoms. The summed E-state index contributed by atoms with van der Waals surface area (Å²) >= 11 is 0. The van der Waals surface area contributed by atoms with Gasteiger partial charge >= 0.3 is 0 Å². The molecule has 7 heteroatoms. The summed E-state index contributed by atoms with van der Waals surface area (Å²) in [4.78, 5) is 4.53. The first-order chi connectivity index (χ1) is 8.94. The van der Waals surface area contributed by atoms with Crippen molar-refractivity contribution in [3.8, 4) is 0 Å². The third kappa shape index (κ3) is 3.46. The zero-order valence-corrected chi connectivity index (χ0v) is 12.9. The van der Waals surface area contributed by atoms with Crippen LogP contribution in [0.5, 0.6) is 0 Å². The zero-order valence-electron chi connectivity index (χ0n) is 12.1. The van der Waals surface area contributed by atoms with Gasteiger partial charge in [-0.1, -0.05) is 0 Å². The highest BCUT2D eigenvalue weighted by atomic mass is 32.2. The van der Waals surface area contributed by atoms with Gasteiger partial charge in [-0.25, -0.2) is 8.42 Å². The molecule has 2 rings (SSSR count). The first-order valence-corrected chi connectivity index (χ1v) is 8.53. The van der Waals surface area contributed by atoms with Gasteiger partial charge in [-0.2, -0.15) is 4.31 Å². The minimum absolute atomic E-state index is 0.0391. The quantitative estimate of drug-likeness (QED) is 0.669. The number of nitrogens with zero attached hydrogens (tertiary/aromatic N) is 3. The Morgan fingerprint density at radius 3 is 2.68 bits per heavy atom. The predicted molar refractivity (Wildman–Crippen MR) is 74.7 cm³/mol. The fourth-order valence-corrected chi connectivity index (χ4v) is 3.86. The minimum Gasteiger partial charge on any atom is -0.374 e. The van der Waals surface area contributed by atoms with Crippen LogP contribution in [-0.4, -0.2) is 93.8 Å². The van der Waals surface area contributed by atoms with Crippen LogP contribution >= 0.6 is 0 Å². The molecule has 19 heavy (non-hydrogen) atoms. The van der Waals surface area contributed by atoms with Crippen molar-refractivity contribution in [3.05, 3.63) is 0 Å². The highest BCUT2D eigenvalue weighted by Gasteiger charge is 2.43. The van der Waals surface area contributed by atoms with Gasteiger partial charge in [0.05, 0.1) is 24.5 Å². The second-order valence-corrected chi connectivity index (χ2v) is 7.79. The molecule has 0 saturated carbocycles. The van der Waals surface area contributed by atoms with E-state index in [2.05, 4.69) is 23.9 Å². The Balaban J connectivity index is 2.00. The number of fused-ring (bicyclic) bond motifs is 1. The van der Waals surface area contributed by atoms with E-state index in [1.165, 1.54) is 0 Å². The standard InChI is InChI=1S/C12H25N3O3S/c1-4-19(16,17)15-9-11-12(10-15)18-8-7-14(11)6-5-13(2)3/h11-12H,4-10H2,1-3H3/t11-,12+/m0/s1. The maximum Gasteiger partial charge on any atom is 0.213 e. The van der Waals surface area contributed by atoms with E-state index in [-0.39, 0.29) is 17.9 Å². The van der Waals surface area contributed by atoms with Crippen LogP contribution in [0.2, 0.25) is 0 Å². The van der Waals surface area contributed by atoms with Crippen LogP contribution in [0.25, 0.3) is 0 Å². The van der Waals surface area contributed by atoms with Crippen molar-refractivity contribution in [2.24, 2.45) is 0 Å². The lowest BCUT2D eigenvalue weighted by Gasteiger charge is -2.37. The van der Waals surface area contributed by atoms with Crippen LogP contribution in [0, 0.1) is 0 Å². The van der Waals surface area contributed by atoms with Crippen LogP contribution in [0.15, 0.2) is 0 Å². The molecule has 6 nitrogen and oxygen atoms in total. The highest BCUT2D eigenvalue weighted by Crippen LogP contribution is 2.24. The van der Waals surface area contributed by atoms with E-state index in [9.17, 15) is 8.42 Å². The summed E-state index contributed by atoms with van der Waals surface area (Å²) in [6.45, 7) is 6.35. The van der Waals surface area contributed by atoms with Crippen molar-refractivity contribution in [2.75, 3.05) is 59.2 Å². The molecule has 2 saturated heterocycles. The van der Waals surface area contributed by atoms with Gasteiger partial charge in [-0.15, -0.1) is 0 Å². The summed E-state index contributed by atoms with van der Waals surface area (Å²) in [7, 11) is 1.02. The molecular formula is C12H25N3O3S. The van der Waals surface area contributed by atoms with Gasteiger partial charge in [-0.3, -0.25) is 4.90 Å². The molecular weight excluding hydrogens is 266 g/mol. The minimum atomic E-state index is -3.09. The average Bonchev–Trinajstić information content (AvgIpc) is 2.81. The SMILES string of the molecule is CCS(=O)(=O)N1C[C@H]2OCCN(CCN(C)C)[C@H]2C1. The van der Waals surface area contributed by atoms with Crippen molar-refractivity contribution in [2.45, 2.75) is 19.1 Å². The van der Waals surface area contributed by atoms with Crippen molar-refractivity contribution >= 4 is 10.0 Å². The van der Waals surface area contributed by atoms with Crippen molar-refractivity contribution in [3.63, 3.8) is 0 Å². The Hall–Kier alpha value is -0.210. The summed E-state index contributed by atoms with van der Waals surface area (Å²) in [5.74, 6) is 0.171. The van der Waals surface area contributed by atoms with Crippen molar-refractivity contribution < 1.29 is 13.2 Å². The van der Waals surface area contributed by atoms with Gasteiger partial charge in [0.2, 0.25) is 10.0 Å². The number of hydrogen-bond acceptors (Lipinski definition) is 5. The van der Waals surface area contributed by atoms with Crippen LogP contribution in [0.1, 0.15) is 6.92 Å². The molecule has 0 radical (unpaired) electrons. The zero-order chi connectivity index (χ0) is 14.0. The second kappa shape index (κ2) is 6.05. The Kier molecular flexibility index (Phi) is 4.84. The van der Waals surface area contributed by atoms with E-state index < -0.39 is 10.0 Å². The molecule has 2 fully saturated rings. The first-order valence-electron chi connectivity index (χ1n) is 6.92. The third-order valence-electron chi connectivity index (χ3n) is 3.98. The summed E-state index contributed by atoms with van der Waals surface area (Å²) in [6.07, 6.45) is 0.0391. The van der Waals surface area contributed by atoms with E-state index in [4.69, 9.17) is 4.74 Å². The van der Waals surface area contributed by atoms with Crippen LogP contribution in [-0.2, 0) is 14.8 Å². The number of hydrogen-bond donors (Lipinski definition) is 0. The molecule has 0 aromatic carbocycles. The average molecular weight is 291 g/mol. The monoisotopic (exact) mass is 291 g/mol. The number of morpholine rings is 1. The largest absolute Gasteiger partial charge is 0.374 e. The van der Waals surface area contributed by atoms with E-state index in [0.29, 0.717) is 19.7 Å². The number of rotatable bonds is 5. The fourth-order valence-electron chi connectivity index (χ4n) is 2.74. The van der Waals surface area contributed by atoms with Gasteiger partial charge < -0.3 is 9.64 Å². The molecule has 0 aromatic rings. The molecule has 112 valence electrons. The van der Waals surface area contributed by atoms with Crippen LogP contribution < -0.4 is 0 Å². The Morgan fingerprint density at radius 1 is 1.32 bits per heavy atom. The van der Waals surface area contributed by atoms with Gasteiger partial charge in [-0.05, 0) is 21.0 Å². The Bertz CT molecular complexity index is 399. The number of ether oxygens (including phenoxy) is 1. The third-order valence-corrected chi connectivity index (χ3v) is 5.79. The van der Waals surface area contributed by atoms with Crippen LogP contribution in [0.4, 0.5) is 0 Å². The fraction of sp³-hybridized carbons (Fsp3) is 1.00. The van der Waals surface area contributed by atoms with Gasteiger partial charge in [0.1, 0.15) is 0 Å². The molecule has 2 aliphatic heterocycles.